The Hall–Kier alpha value is -3.60. The molecule has 10 nitrogen and oxygen atoms in total. The molecule has 0 unspecified atom stereocenters. The third-order valence-corrected chi connectivity index (χ3v) is 8.26. The third-order valence-electron chi connectivity index (χ3n) is 8.26. The molecule has 1 saturated carbocycles. The lowest BCUT2D eigenvalue weighted by Gasteiger charge is -2.39. The van der Waals surface area contributed by atoms with Crippen LogP contribution >= 0.6 is 0 Å². The predicted octanol–water partition coefficient (Wildman–Crippen LogP) is 4.79. The molecule has 0 spiro atoms. The average molecular weight is 596 g/mol. The van der Waals surface area contributed by atoms with Crippen molar-refractivity contribution in [3.8, 4) is 11.4 Å². The van der Waals surface area contributed by atoms with Crippen LogP contribution in [0.2, 0.25) is 0 Å². The van der Waals surface area contributed by atoms with Gasteiger partial charge in [0.25, 0.3) is 11.8 Å². The van der Waals surface area contributed by atoms with Gasteiger partial charge in [0.2, 0.25) is 0 Å². The number of hydrogen-bond acceptors (Lipinski definition) is 7. The number of ether oxygens (including phenoxy) is 2. The van der Waals surface area contributed by atoms with Gasteiger partial charge in [0.1, 0.15) is 11.4 Å². The molecular weight excluding hydrogens is 553 g/mol. The Bertz CT molecular complexity index is 1310. The molecule has 0 atom stereocenters. The summed E-state index contributed by atoms with van der Waals surface area (Å²) in [4.78, 5) is 52.9. The van der Waals surface area contributed by atoms with Crippen LogP contribution in [0.5, 0.6) is 0 Å². The highest BCUT2D eigenvalue weighted by molar-refractivity contribution is 5.95. The van der Waals surface area contributed by atoms with Crippen LogP contribution in [-0.4, -0.2) is 100 Å². The molecule has 1 aliphatic carbocycles. The number of likely N-dealkylation sites (tertiary alicyclic amines) is 1. The standard InChI is InChI=1S/C32H42FN5O5/c1-32(2,3)43-31(41)37-13-9-25(10-14-37)38(24-6-7-24)29(39)23-18-34-28(35-19-23)22-5-8-26(27(33)17-22)30(40)36(4)20-21-11-15-42-16-12-21/h5,8,17-19,21,24-25H,6-7,9-16,20H2,1-4H3. The van der Waals surface area contributed by atoms with E-state index in [1.165, 1.54) is 24.5 Å². The number of benzene rings is 1. The Morgan fingerprint density at radius 1 is 0.977 bits per heavy atom. The first-order valence-corrected chi connectivity index (χ1v) is 15.3. The number of aromatic nitrogens is 2. The zero-order chi connectivity index (χ0) is 30.7. The van der Waals surface area contributed by atoms with Crippen LogP contribution in [0.15, 0.2) is 30.6 Å². The first kappa shape index (κ1) is 30.8. The largest absolute Gasteiger partial charge is 0.444 e. The molecule has 43 heavy (non-hydrogen) atoms. The summed E-state index contributed by atoms with van der Waals surface area (Å²) >= 11 is 0. The Morgan fingerprint density at radius 3 is 2.19 bits per heavy atom. The zero-order valence-corrected chi connectivity index (χ0v) is 25.6. The van der Waals surface area contributed by atoms with E-state index < -0.39 is 11.4 Å². The van der Waals surface area contributed by atoms with Crippen molar-refractivity contribution < 1.29 is 28.2 Å². The molecule has 11 heteroatoms. The van der Waals surface area contributed by atoms with E-state index in [1.807, 2.05) is 25.7 Å². The number of halogens is 1. The molecule has 0 bridgehead atoms. The van der Waals surface area contributed by atoms with E-state index in [-0.39, 0.29) is 41.4 Å². The third kappa shape index (κ3) is 7.68. The van der Waals surface area contributed by atoms with Crippen LogP contribution in [0, 0.1) is 11.7 Å². The van der Waals surface area contributed by atoms with Crippen molar-refractivity contribution in [3.05, 3.63) is 47.5 Å². The average Bonchev–Trinajstić information content (AvgIpc) is 3.82. The molecule has 5 rings (SSSR count). The summed E-state index contributed by atoms with van der Waals surface area (Å²) < 4.78 is 26.0. The first-order valence-electron chi connectivity index (χ1n) is 15.3. The van der Waals surface area contributed by atoms with Gasteiger partial charge in [-0.3, -0.25) is 9.59 Å². The molecule has 0 radical (unpaired) electrons. The van der Waals surface area contributed by atoms with Gasteiger partial charge in [-0.25, -0.2) is 19.2 Å². The van der Waals surface area contributed by atoms with Crippen molar-refractivity contribution in [2.45, 2.75) is 77.0 Å². The van der Waals surface area contributed by atoms with Crippen LogP contribution in [0.4, 0.5) is 9.18 Å². The maximum atomic E-state index is 15.1. The second-order valence-electron chi connectivity index (χ2n) is 12.9. The fourth-order valence-corrected chi connectivity index (χ4v) is 5.80. The highest BCUT2D eigenvalue weighted by atomic mass is 19.1. The Labute approximate surface area is 252 Å². The minimum atomic E-state index is -0.636. The van der Waals surface area contributed by atoms with Crippen LogP contribution in [0.3, 0.4) is 0 Å². The molecular formula is C32H42FN5O5. The summed E-state index contributed by atoms with van der Waals surface area (Å²) in [5, 5.41) is 0. The molecule has 1 aromatic heterocycles. The Balaban J connectivity index is 1.21. The maximum Gasteiger partial charge on any atom is 0.410 e. The molecule has 2 aromatic rings. The Morgan fingerprint density at radius 2 is 1.60 bits per heavy atom. The second-order valence-corrected chi connectivity index (χ2v) is 12.9. The van der Waals surface area contributed by atoms with Gasteiger partial charge in [-0.1, -0.05) is 6.07 Å². The van der Waals surface area contributed by atoms with Gasteiger partial charge in [-0.15, -0.1) is 0 Å². The second kappa shape index (κ2) is 13.0. The van der Waals surface area contributed by atoms with Crippen LogP contribution in [0.25, 0.3) is 11.4 Å². The highest BCUT2D eigenvalue weighted by Crippen LogP contribution is 2.33. The summed E-state index contributed by atoms with van der Waals surface area (Å²) in [7, 11) is 1.69. The molecule has 3 fully saturated rings. The van der Waals surface area contributed by atoms with Crippen molar-refractivity contribution in [2.24, 2.45) is 5.92 Å². The number of nitrogens with zero attached hydrogens (tertiary/aromatic N) is 5. The van der Waals surface area contributed by atoms with Crippen LogP contribution in [-0.2, 0) is 9.47 Å². The van der Waals surface area contributed by atoms with Crippen molar-refractivity contribution in [2.75, 3.05) is 39.9 Å². The number of carbonyl (C=O) groups excluding carboxylic acids is 3. The molecule has 3 heterocycles. The van der Waals surface area contributed by atoms with Gasteiger partial charge in [-0.2, -0.15) is 0 Å². The van der Waals surface area contributed by atoms with Crippen molar-refractivity contribution in [1.29, 1.82) is 0 Å². The topological polar surface area (TPSA) is 105 Å². The maximum absolute atomic E-state index is 15.1. The summed E-state index contributed by atoms with van der Waals surface area (Å²) in [5.41, 5.74) is 0.242. The lowest BCUT2D eigenvalue weighted by molar-refractivity contribution is 0.0142. The lowest BCUT2D eigenvalue weighted by atomic mass is 9.99. The van der Waals surface area contributed by atoms with Crippen molar-refractivity contribution in [1.82, 2.24) is 24.7 Å². The SMILES string of the molecule is CN(CC1CCOCC1)C(=O)c1ccc(-c2ncc(C(=O)N(C3CC3)C3CCN(C(=O)OC(C)(C)C)CC3)cn2)cc1F. The summed E-state index contributed by atoms with van der Waals surface area (Å²) in [6, 6.07) is 4.55. The molecule has 232 valence electrons. The fraction of sp³-hybridized carbons (Fsp3) is 0.594. The van der Waals surface area contributed by atoms with E-state index in [2.05, 4.69) is 9.97 Å². The number of amides is 3. The van der Waals surface area contributed by atoms with Gasteiger partial charge in [0, 0.05) is 69.9 Å². The number of piperidine rings is 1. The lowest BCUT2D eigenvalue weighted by Crippen LogP contribution is -2.50. The quantitative estimate of drug-likeness (QED) is 0.454. The van der Waals surface area contributed by atoms with Crippen LogP contribution in [0.1, 0.15) is 80.0 Å². The van der Waals surface area contributed by atoms with E-state index in [0.717, 1.165) is 25.7 Å². The molecule has 3 amide bonds. The molecule has 1 aromatic carbocycles. The van der Waals surface area contributed by atoms with Gasteiger partial charge >= 0.3 is 6.09 Å². The first-order chi connectivity index (χ1) is 20.5. The minimum absolute atomic E-state index is 0.00268. The normalized spacial score (nSPS) is 18.3. The monoisotopic (exact) mass is 595 g/mol. The van der Waals surface area contributed by atoms with Gasteiger partial charge in [-0.05, 0) is 77.3 Å². The number of hydrogen-bond donors (Lipinski definition) is 0. The molecule has 2 saturated heterocycles. The van der Waals surface area contributed by atoms with E-state index in [0.29, 0.717) is 62.7 Å². The van der Waals surface area contributed by atoms with Crippen LogP contribution < -0.4 is 0 Å². The smallest absolute Gasteiger partial charge is 0.410 e. The van der Waals surface area contributed by atoms with E-state index in [9.17, 15) is 14.4 Å². The molecule has 0 N–H and O–H groups in total. The summed E-state index contributed by atoms with van der Waals surface area (Å²) in [6.45, 7) is 8.53. The summed E-state index contributed by atoms with van der Waals surface area (Å²) in [5.74, 6) is -0.518. The van der Waals surface area contributed by atoms with Gasteiger partial charge in [0.05, 0.1) is 11.1 Å². The van der Waals surface area contributed by atoms with E-state index >= 15 is 4.39 Å². The fourth-order valence-electron chi connectivity index (χ4n) is 5.80. The van der Waals surface area contributed by atoms with Crippen molar-refractivity contribution in [3.63, 3.8) is 0 Å². The van der Waals surface area contributed by atoms with E-state index in [1.54, 1.807) is 22.9 Å². The van der Waals surface area contributed by atoms with Gasteiger partial charge in [0.15, 0.2) is 5.82 Å². The summed E-state index contributed by atoms with van der Waals surface area (Å²) in [6.07, 6.45) is 7.67. The number of rotatable bonds is 7. The van der Waals surface area contributed by atoms with E-state index in [4.69, 9.17) is 9.47 Å². The zero-order valence-electron chi connectivity index (χ0n) is 25.6. The van der Waals surface area contributed by atoms with Gasteiger partial charge < -0.3 is 24.2 Å². The van der Waals surface area contributed by atoms with Crippen molar-refractivity contribution >= 4 is 17.9 Å². The highest BCUT2D eigenvalue weighted by Gasteiger charge is 2.40. The molecule has 3 aliphatic rings. The Kier molecular flexibility index (Phi) is 9.29. The minimum Gasteiger partial charge on any atom is -0.444 e. The molecule has 2 aliphatic heterocycles. The predicted molar refractivity (Wildman–Crippen MR) is 158 cm³/mol. The number of carbonyl (C=O) groups is 3.